The molecule has 0 atom stereocenters. The molecule has 1 saturated heterocycles. The van der Waals surface area contributed by atoms with E-state index in [0.29, 0.717) is 13.2 Å². The van der Waals surface area contributed by atoms with Crippen molar-refractivity contribution in [2.24, 2.45) is 0 Å². The van der Waals surface area contributed by atoms with E-state index in [0.717, 1.165) is 18.9 Å². The van der Waals surface area contributed by atoms with E-state index >= 15 is 0 Å². The fourth-order valence-electron chi connectivity index (χ4n) is 2.12. The van der Waals surface area contributed by atoms with Crippen LogP contribution in [-0.4, -0.2) is 42.9 Å². The van der Waals surface area contributed by atoms with Gasteiger partial charge in [0.25, 0.3) is 0 Å². The van der Waals surface area contributed by atoms with E-state index in [9.17, 15) is 14.0 Å². The molecular weight excluding hydrogens is 293 g/mol. The van der Waals surface area contributed by atoms with Crippen molar-refractivity contribution in [1.29, 1.82) is 0 Å². The quantitative estimate of drug-likeness (QED) is 0.840. The number of aromatic carboxylic acids is 1. The van der Waals surface area contributed by atoms with Crippen LogP contribution in [0.2, 0.25) is 0 Å². The Kier molecular flexibility index (Phi) is 5.85. The number of rotatable bonds is 6. The Labute approximate surface area is 127 Å². The molecule has 0 bridgehead atoms. The van der Waals surface area contributed by atoms with Crippen molar-refractivity contribution in [1.82, 2.24) is 0 Å². The maximum absolute atomic E-state index is 13.7. The number of anilines is 1. The monoisotopic (exact) mass is 311 g/mol. The van der Waals surface area contributed by atoms with Crippen LogP contribution in [0.3, 0.4) is 0 Å². The maximum atomic E-state index is 13.7. The highest BCUT2D eigenvalue weighted by Gasteiger charge is 2.15. The predicted octanol–water partition coefficient (Wildman–Crippen LogP) is 2.05. The molecule has 1 amide bonds. The first-order valence-corrected chi connectivity index (χ1v) is 7.08. The summed E-state index contributed by atoms with van der Waals surface area (Å²) in [7, 11) is 0. The molecule has 22 heavy (non-hydrogen) atoms. The van der Waals surface area contributed by atoms with Crippen LogP contribution in [0.4, 0.5) is 10.1 Å². The second kappa shape index (κ2) is 7.86. The van der Waals surface area contributed by atoms with Crippen molar-refractivity contribution in [3.05, 3.63) is 29.6 Å². The molecule has 1 fully saturated rings. The molecule has 2 N–H and O–H groups in total. The molecule has 1 aromatic rings. The van der Waals surface area contributed by atoms with Gasteiger partial charge in [0.05, 0.1) is 30.4 Å². The van der Waals surface area contributed by atoms with Crippen LogP contribution in [0.5, 0.6) is 0 Å². The van der Waals surface area contributed by atoms with Crippen molar-refractivity contribution >= 4 is 17.6 Å². The van der Waals surface area contributed by atoms with Gasteiger partial charge in [0, 0.05) is 13.2 Å². The van der Waals surface area contributed by atoms with Gasteiger partial charge in [-0.2, -0.15) is 0 Å². The number of halogens is 1. The van der Waals surface area contributed by atoms with Crippen molar-refractivity contribution < 1.29 is 28.6 Å². The van der Waals surface area contributed by atoms with Gasteiger partial charge in [-0.05, 0) is 31.0 Å². The standard InChI is InChI=1S/C15H18FNO5/c16-12-9-10(15(19)20)1-2-13(12)17-14(18)5-8-22-11-3-6-21-7-4-11/h1-2,9,11H,3-8H2,(H,17,18)(H,19,20). The van der Waals surface area contributed by atoms with Gasteiger partial charge >= 0.3 is 5.97 Å². The molecule has 0 unspecified atom stereocenters. The van der Waals surface area contributed by atoms with E-state index in [1.165, 1.54) is 12.1 Å². The fraction of sp³-hybridized carbons (Fsp3) is 0.467. The Morgan fingerprint density at radius 1 is 1.36 bits per heavy atom. The van der Waals surface area contributed by atoms with Gasteiger partial charge in [0.2, 0.25) is 5.91 Å². The average Bonchev–Trinajstić information content (AvgIpc) is 2.50. The third-order valence-electron chi connectivity index (χ3n) is 3.34. The lowest BCUT2D eigenvalue weighted by Gasteiger charge is -2.22. The Bertz CT molecular complexity index is 543. The number of carboxylic acid groups (broad SMARTS) is 1. The van der Waals surface area contributed by atoms with Crippen LogP contribution in [0.15, 0.2) is 18.2 Å². The van der Waals surface area contributed by atoms with Crippen LogP contribution in [0.25, 0.3) is 0 Å². The van der Waals surface area contributed by atoms with E-state index in [2.05, 4.69) is 5.32 Å². The highest BCUT2D eigenvalue weighted by molar-refractivity contribution is 5.92. The van der Waals surface area contributed by atoms with Crippen molar-refractivity contribution in [3.63, 3.8) is 0 Å². The summed E-state index contributed by atoms with van der Waals surface area (Å²) in [6, 6.07) is 3.34. The number of hydrogen-bond acceptors (Lipinski definition) is 4. The number of ether oxygens (including phenoxy) is 2. The smallest absolute Gasteiger partial charge is 0.335 e. The van der Waals surface area contributed by atoms with Gasteiger partial charge in [-0.3, -0.25) is 4.79 Å². The zero-order valence-electron chi connectivity index (χ0n) is 12.0. The molecule has 1 aliphatic heterocycles. The van der Waals surface area contributed by atoms with E-state index in [1.54, 1.807) is 0 Å². The summed E-state index contributed by atoms with van der Waals surface area (Å²) >= 11 is 0. The first kappa shape index (κ1) is 16.4. The van der Waals surface area contributed by atoms with Gasteiger partial charge in [-0.25, -0.2) is 9.18 Å². The summed E-state index contributed by atoms with van der Waals surface area (Å²) in [6.45, 7) is 1.58. The molecule has 1 aromatic carbocycles. The molecule has 0 spiro atoms. The fourth-order valence-corrected chi connectivity index (χ4v) is 2.12. The number of carbonyl (C=O) groups is 2. The van der Waals surface area contributed by atoms with Gasteiger partial charge in [-0.15, -0.1) is 0 Å². The van der Waals surface area contributed by atoms with Gasteiger partial charge in [-0.1, -0.05) is 0 Å². The number of hydrogen-bond donors (Lipinski definition) is 2. The Hall–Kier alpha value is -1.99. The number of nitrogens with one attached hydrogen (secondary N) is 1. The van der Waals surface area contributed by atoms with Crippen molar-refractivity contribution in [2.45, 2.75) is 25.4 Å². The van der Waals surface area contributed by atoms with Crippen LogP contribution >= 0.6 is 0 Å². The summed E-state index contributed by atoms with van der Waals surface area (Å²) in [4.78, 5) is 22.4. The molecule has 1 aliphatic rings. The first-order chi connectivity index (χ1) is 10.6. The Morgan fingerprint density at radius 3 is 2.73 bits per heavy atom. The minimum absolute atomic E-state index is 0.0407. The summed E-state index contributed by atoms with van der Waals surface area (Å²) < 4.78 is 24.4. The number of carboxylic acids is 1. The summed E-state index contributed by atoms with van der Waals surface area (Å²) in [5, 5.41) is 11.1. The highest BCUT2D eigenvalue weighted by Crippen LogP contribution is 2.16. The number of carbonyl (C=O) groups excluding carboxylic acids is 1. The highest BCUT2D eigenvalue weighted by atomic mass is 19.1. The molecule has 0 aromatic heterocycles. The Balaban J connectivity index is 1.77. The van der Waals surface area contributed by atoms with Crippen molar-refractivity contribution in [3.8, 4) is 0 Å². The average molecular weight is 311 g/mol. The third-order valence-corrected chi connectivity index (χ3v) is 3.34. The molecule has 2 rings (SSSR count). The van der Waals surface area contributed by atoms with Crippen LogP contribution in [0.1, 0.15) is 29.6 Å². The lowest BCUT2D eigenvalue weighted by atomic mass is 10.1. The number of benzene rings is 1. The van der Waals surface area contributed by atoms with E-state index in [4.69, 9.17) is 14.6 Å². The van der Waals surface area contributed by atoms with Crippen LogP contribution in [-0.2, 0) is 14.3 Å². The largest absolute Gasteiger partial charge is 0.478 e. The molecule has 7 heteroatoms. The van der Waals surface area contributed by atoms with Crippen LogP contribution in [0, 0.1) is 5.82 Å². The van der Waals surface area contributed by atoms with Crippen LogP contribution < -0.4 is 5.32 Å². The second-order valence-corrected chi connectivity index (χ2v) is 4.98. The normalized spacial score (nSPS) is 15.5. The topological polar surface area (TPSA) is 84.9 Å². The third kappa shape index (κ3) is 4.78. The summed E-state index contributed by atoms with van der Waals surface area (Å²) in [5.74, 6) is -2.38. The maximum Gasteiger partial charge on any atom is 0.335 e. The molecule has 6 nitrogen and oxygen atoms in total. The van der Waals surface area contributed by atoms with Crippen molar-refractivity contribution in [2.75, 3.05) is 25.1 Å². The zero-order valence-corrected chi connectivity index (χ0v) is 12.0. The lowest BCUT2D eigenvalue weighted by Crippen LogP contribution is -2.25. The molecular formula is C15H18FNO5. The zero-order chi connectivity index (χ0) is 15.9. The lowest BCUT2D eigenvalue weighted by molar-refractivity contribution is -0.118. The molecule has 1 heterocycles. The molecule has 0 aliphatic carbocycles. The predicted molar refractivity (Wildman–Crippen MR) is 76.4 cm³/mol. The van der Waals surface area contributed by atoms with E-state index in [-0.39, 0.29) is 36.3 Å². The minimum atomic E-state index is -1.22. The van der Waals surface area contributed by atoms with E-state index < -0.39 is 11.8 Å². The summed E-state index contributed by atoms with van der Waals surface area (Å²) in [6.07, 6.45) is 1.84. The summed E-state index contributed by atoms with van der Waals surface area (Å²) in [5.41, 5.74) is -0.209. The SMILES string of the molecule is O=C(CCOC1CCOCC1)Nc1ccc(C(=O)O)cc1F. The second-order valence-electron chi connectivity index (χ2n) is 4.98. The van der Waals surface area contributed by atoms with Gasteiger partial charge in [0.15, 0.2) is 0 Å². The molecule has 0 saturated carbocycles. The Morgan fingerprint density at radius 2 is 2.09 bits per heavy atom. The molecule has 120 valence electrons. The van der Waals surface area contributed by atoms with E-state index in [1.807, 2.05) is 0 Å². The van der Waals surface area contributed by atoms with Gasteiger partial charge < -0.3 is 19.9 Å². The minimum Gasteiger partial charge on any atom is -0.478 e. The number of amides is 1. The van der Waals surface area contributed by atoms with Gasteiger partial charge in [0.1, 0.15) is 5.82 Å². The first-order valence-electron chi connectivity index (χ1n) is 7.08. The molecule has 0 radical (unpaired) electrons.